The van der Waals surface area contributed by atoms with Crippen molar-refractivity contribution >= 4 is 33.2 Å². The highest BCUT2D eigenvalue weighted by atomic mass is 79.9. The van der Waals surface area contributed by atoms with Gasteiger partial charge in [-0.2, -0.15) is 0 Å². The number of thiophene rings is 1. The van der Waals surface area contributed by atoms with Crippen LogP contribution in [0.1, 0.15) is 17.7 Å². The maximum Gasteiger partial charge on any atom is 0.220 e. The van der Waals surface area contributed by atoms with Gasteiger partial charge < -0.3 is 10.4 Å². The summed E-state index contributed by atoms with van der Waals surface area (Å²) in [5, 5.41) is 13.3. The fourth-order valence-corrected chi connectivity index (χ4v) is 2.35. The molecule has 0 atom stereocenters. The molecule has 5 heteroatoms. The molecule has 1 aromatic heterocycles. The van der Waals surface area contributed by atoms with Crippen LogP contribution in [0, 0.1) is 0 Å². The van der Waals surface area contributed by atoms with E-state index in [1.807, 2.05) is 11.4 Å². The van der Waals surface area contributed by atoms with Crippen molar-refractivity contribution in [2.24, 2.45) is 0 Å². The second-order valence-corrected chi connectivity index (χ2v) is 4.75. The molecular weight excluding hydrogens is 266 g/mol. The maximum atomic E-state index is 11.2. The first-order valence-electron chi connectivity index (χ1n) is 4.33. The van der Waals surface area contributed by atoms with Crippen LogP contribution in [0.3, 0.4) is 0 Å². The zero-order valence-electron chi connectivity index (χ0n) is 7.62. The number of halogens is 1. The van der Waals surface area contributed by atoms with Gasteiger partial charge in [0.15, 0.2) is 0 Å². The predicted molar refractivity (Wildman–Crippen MR) is 60.2 cm³/mol. The molecule has 0 bridgehead atoms. The van der Waals surface area contributed by atoms with Crippen molar-refractivity contribution in [1.82, 2.24) is 5.32 Å². The molecule has 0 aliphatic heterocycles. The molecular formula is C9H12BrNO2S. The lowest BCUT2D eigenvalue weighted by Gasteiger charge is -2.01. The summed E-state index contributed by atoms with van der Waals surface area (Å²) < 4.78 is 1.04. The number of nitrogens with one attached hydrogen (secondary N) is 1. The number of hydrogen-bond acceptors (Lipinski definition) is 3. The Balaban J connectivity index is 2.23. The summed E-state index contributed by atoms with van der Waals surface area (Å²) >= 11 is 4.95. The van der Waals surface area contributed by atoms with Crippen LogP contribution >= 0.6 is 27.3 Å². The van der Waals surface area contributed by atoms with Crippen LogP contribution < -0.4 is 5.32 Å². The van der Waals surface area contributed by atoms with E-state index < -0.39 is 0 Å². The highest BCUT2D eigenvalue weighted by molar-refractivity contribution is 9.10. The number of amides is 1. The standard InChI is InChI=1S/C9H12BrNO2S/c10-7-4-8(14-6-7)5-11-9(13)2-1-3-12/h4,6,12H,1-3,5H2,(H,11,13). The molecule has 78 valence electrons. The Morgan fingerprint density at radius 1 is 1.64 bits per heavy atom. The van der Waals surface area contributed by atoms with E-state index in [0.29, 0.717) is 19.4 Å². The van der Waals surface area contributed by atoms with Crippen molar-refractivity contribution in [3.05, 3.63) is 20.8 Å². The van der Waals surface area contributed by atoms with Gasteiger partial charge in [0.2, 0.25) is 5.91 Å². The molecule has 0 radical (unpaired) electrons. The predicted octanol–water partition coefficient (Wildman–Crippen LogP) is 1.90. The number of aliphatic hydroxyl groups excluding tert-OH is 1. The minimum atomic E-state index is -0.0106. The van der Waals surface area contributed by atoms with Gasteiger partial charge in [-0.1, -0.05) is 0 Å². The highest BCUT2D eigenvalue weighted by Crippen LogP contribution is 2.19. The zero-order chi connectivity index (χ0) is 10.4. The summed E-state index contributed by atoms with van der Waals surface area (Å²) in [6.45, 7) is 0.637. The lowest BCUT2D eigenvalue weighted by molar-refractivity contribution is -0.121. The number of rotatable bonds is 5. The van der Waals surface area contributed by atoms with Crippen molar-refractivity contribution < 1.29 is 9.90 Å². The van der Waals surface area contributed by atoms with E-state index in [1.54, 1.807) is 11.3 Å². The van der Waals surface area contributed by atoms with E-state index in [-0.39, 0.29) is 12.5 Å². The fourth-order valence-electron chi connectivity index (χ4n) is 0.960. The molecule has 0 spiro atoms. The van der Waals surface area contributed by atoms with Crippen molar-refractivity contribution in [3.63, 3.8) is 0 Å². The summed E-state index contributed by atoms with van der Waals surface area (Å²) in [4.78, 5) is 12.3. The minimum absolute atomic E-state index is 0.0106. The average molecular weight is 278 g/mol. The van der Waals surface area contributed by atoms with Crippen LogP contribution in [-0.2, 0) is 11.3 Å². The van der Waals surface area contributed by atoms with E-state index in [9.17, 15) is 4.79 Å². The normalized spacial score (nSPS) is 10.1. The Hall–Kier alpha value is -0.390. The molecule has 1 heterocycles. The Labute approximate surface area is 95.3 Å². The summed E-state index contributed by atoms with van der Waals surface area (Å²) in [6.07, 6.45) is 0.920. The molecule has 1 aromatic rings. The van der Waals surface area contributed by atoms with Gasteiger partial charge in [0.1, 0.15) is 0 Å². The number of carbonyl (C=O) groups excluding carboxylic acids is 1. The van der Waals surface area contributed by atoms with E-state index in [0.717, 1.165) is 9.35 Å². The Kier molecular flexibility index (Phi) is 5.14. The summed E-state index contributed by atoms with van der Waals surface area (Å²) in [7, 11) is 0. The summed E-state index contributed by atoms with van der Waals surface area (Å²) in [5.74, 6) is -0.0106. The third-order valence-electron chi connectivity index (χ3n) is 1.64. The largest absolute Gasteiger partial charge is 0.396 e. The van der Waals surface area contributed by atoms with Crippen LogP contribution in [-0.4, -0.2) is 17.6 Å². The lowest BCUT2D eigenvalue weighted by Crippen LogP contribution is -2.22. The molecule has 0 aliphatic carbocycles. The van der Waals surface area contributed by atoms with Gasteiger partial charge in [-0.3, -0.25) is 4.79 Å². The first kappa shape index (κ1) is 11.7. The first-order chi connectivity index (χ1) is 6.72. The quantitative estimate of drug-likeness (QED) is 0.864. The Bertz CT molecular complexity index is 301. The van der Waals surface area contributed by atoms with E-state index in [4.69, 9.17) is 5.11 Å². The number of carbonyl (C=O) groups is 1. The van der Waals surface area contributed by atoms with Crippen molar-refractivity contribution in [3.8, 4) is 0 Å². The van der Waals surface area contributed by atoms with Gasteiger partial charge >= 0.3 is 0 Å². The van der Waals surface area contributed by atoms with Crippen LogP contribution in [0.4, 0.5) is 0 Å². The monoisotopic (exact) mass is 277 g/mol. The van der Waals surface area contributed by atoms with E-state index in [2.05, 4.69) is 21.2 Å². The topological polar surface area (TPSA) is 49.3 Å². The van der Waals surface area contributed by atoms with Crippen molar-refractivity contribution in [2.75, 3.05) is 6.61 Å². The molecule has 0 aromatic carbocycles. The first-order valence-corrected chi connectivity index (χ1v) is 6.00. The van der Waals surface area contributed by atoms with Crippen LogP contribution in [0.5, 0.6) is 0 Å². The van der Waals surface area contributed by atoms with Gasteiger partial charge in [0.05, 0.1) is 6.54 Å². The van der Waals surface area contributed by atoms with Crippen LogP contribution in [0.2, 0.25) is 0 Å². The second-order valence-electron chi connectivity index (χ2n) is 2.84. The van der Waals surface area contributed by atoms with Gasteiger partial charge in [0.25, 0.3) is 0 Å². The average Bonchev–Trinajstić information content (AvgIpc) is 2.58. The molecule has 1 amide bonds. The third kappa shape index (κ3) is 4.21. The molecule has 2 N–H and O–H groups in total. The molecule has 0 fully saturated rings. The number of aliphatic hydroxyl groups is 1. The van der Waals surface area contributed by atoms with Gasteiger partial charge in [0, 0.05) is 27.8 Å². The lowest BCUT2D eigenvalue weighted by atomic mass is 10.3. The third-order valence-corrected chi connectivity index (χ3v) is 3.34. The maximum absolute atomic E-state index is 11.2. The fraction of sp³-hybridized carbons (Fsp3) is 0.444. The Morgan fingerprint density at radius 3 is 3.00 bits per heavy atom. The van der Waals surface area contributed by atoms with Gasteiger partial charge in [-0.05, 0) is 28.4 Å². The summed E-state index contributed by atoms with van der Waals surface area (Å²) in [6, 6.07) is 1.98. The van der Waals surface area contributed by atoms with Gasteiger partial charge in [-0.25, -0.2) is 0 Å². The van der Waals surface area contributed by atoms with Crippen LogP contribution in [0.25, 0.3) is 0 Å². The molecule has 0 aliphatic rings. The molecule has 1 rings (SSSR count). The molecule has 0 saturated heterocycles. The van der Waals surface area contributed by atoms with Crippen LogP contribution in [0.15, 0.2) is 15.9 Å². The summed E-state index contributed by atoms with van der Waals surface area (Å²) in [5.41, 5.74) is 0. The van der Waals surface area contributed by atoms with Crippen molar-refractivity contribution in [1.29, 1.82) is 0 Å². The number of hydrogen-bond donors (Lipinski definition) is 2. The van der Waals surface area contributed by atoms with E-state index >= 15 is 0 Å². The second kappa shape index (κ2) is 6.16. The molecule has 0 saturated carbocycles. The minimum Gasteiger partial charge on any atom is -0.396 e. The van der Waals surface area contributed by atoms with Gasteiger partial charge in [-0.15, -0.1) is 11.3 Å². The Morgan fingerprint density at radius 2 is 2.43 bits per heavy atom. The molecule has 14 heavy (non-hydrogen) atoms. The molecule has 0 unspecified atom stereocenters. The molecule has 3 nitrogen and oxygen atoms in total. The van der Waals surface area contributed by atoms with E-state index in [1.165, 1.54) is 0 Å². The highest BCUT2D eigenvalue weighted by Gasteiger charge is 2.01. The smallest absolute Gasteiger partial charge is 0.220 e. The zero-order valence-corrected chi connectivity index (χ0v) is 10.0. The SMILES string of the molecule is O=C(CCCO)NCc1cc(Br)cs1. The van der Waals surface area contributed by atoms with Crippen molar-refractivity contribution in [2.45, 2.75) is 19.4 Å².